The van der Waals surface area contributed by atoms with Crippen molar-refractivity contribution in [2.75, 3.05) is 5.32 Å². The van der Waals surface area contributed by atoms with E-state index < -0.39 is 0 Å². The highest BCUT2D eigenvalue weighted by Gasteiger charge is 2.11. The van der Waals surface area contributed by atoms with Gasteiger partial charge in [-0.2, -0.15) is 4.98 Å². The summed E-state index contributed by atoms with van der Waals surface area (Å²) in [6, 6.07) is 20.9. The highest BCUT2D eigenvalue weighted by atomic mass is 32.1. The van der Waals surface area contributed by atoms with E-state index in [1.165, 1.54) is 23.5 Å². The molecule has 0 bridgehead atoms. The van der Waals surface area contributed by atoms with E-state index in [4.69, 9.17) is 4.42 Å². The molecule has 0 aliphatic heterocycles. The van der Waals surface area contributed by atoms with Crippen molar-refractivity contribution >= 4 is 43.8 Å². The lowest BCUT2D eigenvalue weighted by Gasteiger charge is -1.99. The summed E-state index contributed by atoms with van der Waals surface area (Å²) in [4.78, 5) is 8.92. The fraction of sp³-hybridized carbons (Fsp3) is 0. The van der Waals surface area contributed by atoms with Gasteiger partial charge in [0.2, 0.25) is 0 Å². The van der Waals surface area contributed by atoms with Gasteiger partial charge in [0, 0.05) is 0 Å². The van der Waals surface area contributed by atoms with Crippen LogP contribution in [0.1, 0.15) is 0 Å². The molecular formula is C20H12FN3OS. The van der Waals surface area contributed by atoms with Gasteiger partial charge in [0.05, 0.1) is 10.2 Å². The van der Waals surface area contributed by atoms with Crippen molar-refractivity contribution in [1.29, 1.82) is 0 Å². The normalized spacial score (nSPS) is 11.3. The van der Waals surface area contributed by atoms with E-state index >= 15 is 0 Å². The zero-order valence-electron chi connectivity index (χ0n) is 13.4. The molecular weight excluding hydrogens is 349 g/mol. The number of benzene rings is 3. The van der Waals surface area contributed by atoms with Crippen LogP contribution >= 0.6 is 11.3 Å². The molecule has 0 aliphatic rings. The van der Waals surface area contributed by atoms with Crippen LogP contribution in [0, 0.1) is 5.82 Å². The summed E-state index contributed by atoms with van der Waals surface area (Å²) >= 11 is 1.35. The maximum Gasteiger partial charge on any atom is 0.302 e. The van der Waals surface area contributed by atoms with E-state index in [1.807, 2.05) is 36.4 Å². The molecule has 2 heterocycles. The fourth-order valence-electron chi connectivity index (χ4n) is 2.83. The van der Waals surface area contributed by atoms with Crippen LogP contribution in [0.3, 0.4) is 0 Å². The van der Waals surface area contributed by atoms with E-state index in [0.29, 0.717) is 16.7 Å². The number of anilines is 2. The van der Waals surface area contributed by atoms with Crippen LogP contribution in [0.2, 0.25) is 0 Å². The van der Waals surface area contributed by atoms with Crippen molar-refractivity contribution in [3.05, 3.63) is 72.5 Å². The lowest BCUT2D eigenvalue weighted by molar-refractivity contribution is 0.623. The standard InChI is InChI=1S/C20H12FN3OS/c21-14-7-8-15-18(11-14)26-20(23-15)24-19-22-16-10-13(6-9-17(16)25-19)12-4-2-1-3-5-12/h1-11H,(H,22,23,24). The van der Waals surface area contributed by atoms with Gasteiger partial charge in [0.1, 0.15) is 11.3 Å². The zero-order valence-corrected chi connectivity index (χ0v) is 14.3. The van der Waals surface area contributed by atoms with Gasteiger partial charge in [0.25, 0.3) is 0 Å². The lowest BCUT2D eigenvalue weighted by Crippen LogP contribution is -1.88. The van der Waals surface area contributed by atoms with Crippen molar-refractivity contribution < 1.29 is 8.81 Å². The number of thiazole rings is 1. The van der Waals surface area contributed by atoms with Crippen molar-refractivity contribution in [1.82, 2.24) is 9.97 Å². The Kier molecular flexibility index (Phi) is 3.43. The number of aromatic nitrogens is 2. The first-order chi connectivity index (χ1) is 12.7. The third-order valence-electron chi connectivity index (χ3n) is 4.06. The van der Waals surface area contributed by atoms with Gasteiger partial charge in [-0.3, -0.25) is 5.32 Å². The summed E-state index contributed by atoms with van der Waals surface area (Å²) in [6.07, 6.45) is 0. The summed E-state index contributed by atoms with van der Waals surface area (Å²) < 4.78 is 19.8. The Morgan fingerprint density at radius 2 is 1.73 bits per heavy atom. The molecule has 0 atom stereocenters. The molecule has 1 N–H and O–H groups in total. The Morgan fingerprint density at radius 3 is 2.62 bits per heavy atom. The Labute approximate surface area is 151 Å². The number of fused-ring (bicyclic) bond motifs is 2. The molecule has 0 aliphatic carbocycles. The number of rotatable bonds is 3. The largest absolute Gasteiger partial charge is 0.423 e. The van der Waals surface area contributed by atoms with E-state index in [9.17, 15) is 4.39 Å². The summed E-state index contributed by atoms with van der Waals surface area (Å²) in [6.45, 7) is 0. The minimum Gasteiger partial charge on any atom is -0.423 e. The summed E-state index contributed by atoms with van der Waals surface area (Å²) in [7, 11) is 0. The second-order valence-electron chi connectivity index (χ2n) is 5.82. The van der Waals surface area contributed by atoms with Crippen LogP contribution in [-0.2, 0) is 0 Å². The number of halogens is 1. The topological polar surface area (TPSA) is 51.0 Å². The van der Waals surface area contributed by atoms with E-state index in [-0.39, 0.29) is 5.82 Å². The number of hydrogen-bond donors (Lipinski definition) is 1. The third-order valence-corrected chi connectivity index (χ3v) is 4.99. The van der Waals surface area contributed by atoms with Gasteiger partial charge in [-0.25, -0.2) is 9.37 Å². The number of oxazole rings is 1. The van der Waals surface area contributed by atoms with Gasteiger partial charge in [0.15, 0.2) is 10.7 Å². The van der Waals surface area contributed by atoms with Crippen LogP contribution in [0.25, 0.3) is 32.4 Å². The number of hydrogen-bond acceptors (Lipinski definition) is 5. The van der Waals surface area contributed by atoms with Crippen LogP contribution in [0.4, 0.5) is 15.5 Å². The first kappa shape index (κ1) is 15.0. The first-order valence-electron chi connectivity index (χ1n) is 8.04. The molecule has 6 heteroatoms. The van der Waals surface area contributed by atoms with E-state index in [0.717, 1.165) is 26.9 Å². The molecule has 0 saturated carbocycles. The Balaban J connectivity index is 1.48. The molecule has 126 valence electrons. The van der Waals surface area contributed by atoms with Gasteiger partial charge in [-0.05, 0) is 41.5 Å². The van der Waals surface area contributed by atoms with Crippen LogP contribution in [0.5, 0.6) is 0 Å². The van der Waals surface area contributed by atoms with Crippen molar-refractivity contribution in [3.8, 4) is 11.1 Å². The molecule has 0 radical (unpaired) electrons. The van der Waals surface area contributed by atoms with Crippen molar-refractivity contribution in [3.63, 3.8) is 0 Å². The predicted molar refractivity (Wildman–Crippen MR) is 102 cm³/mol. The Bertz CT molecular complexity index is 1230. The molecule has 5 aromatic rings. The predicted octanol–water partition coefficient (Wildman–Crippen LogP) is 5.99. The molecule has 0 amide bonds. The molecule has 0 spiro atoms. The fourth-order valence-corrected chi connectivity index (χ4v) is 3.71. The van der Waals surface area contributed by atoms with E-state index in [2.05, 4.69) is 27.4 Å². The monoisotopic (exact) mass is 361 g/mol. The van der Waals surface area contributed by atoms with Crippen molar-refractivity contribution in [2.24, 2.45) is 0 Å². The molecule has 3 aromatic carbocycles. The maximum atomic E-state index is 13.3. The maximum absolute atomic E-state index is 13.3. The van der Waals surface area contributed by atoms with Crippen molar-refractivity contribution in [2.45, 2.75) is 0 Å². The number of nitrogens with zero attached hydrogens (tertiary/aromatic N) is 2. The minimum atomic E-state index is -0.275. The second-order valence-corrected chi connectivity index (χ2v) is 6.85. The van der Waals surface area contributed by atoms with Crippen LogP contribution in [-0.4, -0.2) is 9.97 Å². The first-order valence-corrected chi connectivity index (χ1v) is 8.85. The average molecular weight is 361 g/mol. The molecule has 26 heavy (non-hydrogen) atoms. The molecule has 0 fully saturated rings. The smallest absolute Gasteiger partial charge is 0.302 e. The Morgan fingerprint density at radius 1 is 0.846 bits per heavy atom. The van der Waals surface area contributed by atoms with E-state index in [1.54, 1.807) is 6.07 Å². The average Bonchev–Trinajstić information content (AvgIpc) is 3.24. The SMILES string of the molecule is Fc1ccc2nc(Nc3nc4cc(-c5ccccc5)ccc4o3)sc2c1. The third kappa shape index (κ3) is 2.70. The molecule has 4 nitrogen and oxygen atoms in total. The molecule has 2 aromatic heterocycles. The summed E-state index contributed by atoms with van der Waals surface area (Å²) in [5, 5.41) is 3.68. The number of nitrogens with one attached hydrogen (secondary N) is 1. The lowest BCUT2D eigenvalue weighted by atomic mass is 10.1. The highest BCUT2D eigenvalue weighted by molar-refractivity contribution is 7.22. The summed E-state index contributed by atoms with van der Waals surface area (Å²) in [5.74, 6) is -0.275. The Hall–Kier alpha value is -3.25. The van der Waals surface area contributed by atoms with Gasteiger partial charge < -0.3 is 4.42 Å². The van der Waals surface area contributed by atoms with Gasteiger partial charge >= 0.3 is 6.01 Å². The minimum absolute atomic E-state index is 0.275. The quantitative estimate of drug-likeness (QED) is 0.429. The van der Waals surface area contributed by atoms with Gasteiger partial charge in [-0.1, -0.05) is 47.7 Å². The summed E-state index contributed by atoms with van der Waals surface area (Å²) in [5.41, 5.74) is 4.40. The zero-order chi connectivity index (χ0) is 17.5. The highest BCUT2D eigenvalue weighted by Crippen LogP contribution is 2.31. The molecule has 0 unspecified atom stereocenters. The molecule has 5 rings (SSSR count). The molecule has 0 saturated heterocycles. The van der Waals surface area contributed by atoms with Gasteiger partial charge in [-0.15, -0.1) is 0 Å². The second kappa shape index (κ2) is 5.93. The van der Waals surface area contributed by atoms with Crippen LogP contribution in [0.15, 0.2) is 71.1 Å². The van der Waals surface area contributed by atoms with Crippen LogP contribution < -0.4 is 5.32 Å².